The summed E-state index contributed by atoms with van der Waals surface area (Å²) in [5, 5.41) is 8.89. The molecule has 2 heterocycles. The van der Waals surface area contributed by atoms with Crippen molar-refractivity contribution in [3.63, 3.8) is 0 Å². The Hall–Kier alpha value is -3.20. The summed E-state index contributed by atoms with van der Waals surface area (Å²) >= 11 is 1.38. The van der Waals surface area contributed by atoms with E-state index in [9.17, 15) is 4.79 Å². The first-order chi connectivity index (χ1) is 15.6. The minimum atomic E-state index is -0.0107. The molecule has 9 heteroatoms. The number of amides is 1. The first-order valence-corrected chi connectivity index (χ1v) is 11.3. The second kappa shape index (κ2) is 9.95. The highest BCUT2D eigenvalue weighted by Gasteiger charge is 2.32. The molecule has 1 aliphatic rings. The first kappa shape index (κ1) is 22.0. The number of nitrogens with zero attached hydrogens (tertiary/aromatic N) is 4. The molecule has 4 rings (SSSR count). The molecule has 8 nitrogen and oxygen atoms in total. The zero-order chi connectivity index (χ0) is 22.5. The Kier molecular flexibility index (Phi) is 6.84. The molecule has 1 unspecified atom stereocenters. The van der Waals surface area contributed by atoms with Crippen molar-refractivity contribution in [2.75, 3.05) is 33.6 Å². The van der Waals surface area contributed by atoms with Crippen LogP contribution in [0.1, 0.15) is 24.4 Å². The van der Waals surface area contributed by atoms with Gasteiger partial charge in [-0.25, -0.2) is 0 Å². The predicted molar refractivity (Wildman–Crippen MR) is 122 cm³/mol. The quantitative estimate of drug-likeness (QED) is 0.480. The summed E-state index contributed by atoms with van der Waals surface area (Å²) in [5.74, 6) is 2.60. The number of thioether (sulfide) groups is 1. The Bertz CT molecular complexity index is 1070. The van der Waals surface area contributed by atoms with Crippen LogP contribution in [-0.4, -0.2) is 59.2 Å². The van der Waals surface area contributed by atoms with Gasteiger partial charge in [-0.3, -0.25) is 9.36 Å². The summed E-state index contributed by atoms with van der Waals surface area (Å²) in [6.45, 7) is 0.727. The molecule has 0 spiro atoms. The van der Waals surface area contributed by atoms with Gasteiger partial charge in [-0.2, -0.15) is 0 Å². The van der Waals surface area contributed by atoms with Crippen LogP contribution in [0, 0.1) is 0 Å². The maximum absolute atomic E-state index is 13.1. The van der Waals surface area contributed by atoms with E-state index >= 15 is 0 Å². The number of carbonyl (C=O) groups is 1. The van der Waals surface area contributed by atoms with Gasteiger partial charge in [-0.15, -0.1) is 10.2 Å². The number of aromatic nitrogens is 3. The second-order valence-electron chi connectivity index (χ2n) is 7.32. The molecular weight excluding hydrogens is 428 g/mol. The molecule has 1 atom stereocenters. The molecule has 1 aliphatic heterocycles. The topological polar surface area (TPSA) is 78.7 Å². The normalized spacial score (nSPS) is 15.6. The molecule has 1 amide bonds. The van der Waals surface area contributed by atoms with E-state index in [1.54, 1.807) is 27.7 Å². The van der Waals surface area contributed by atoms with E-state index in [4.69, 9.17) is 14.2 Å². The van der Waals surface area contributed by atoms with E-state index in [-0.39, 0.29) is 17.7 Å². The van der Waals surface area contributed by atoms with E-state index in [2.05, 4.69) is 10.2 Å². The largest absolute Gasteiger partial charge is 0.497 e. The molecule has 1 aromatic heterocycles. The zero-order valence-corrected chi connectivity index (χ0v) is 19.2. The molecule has 0 radical (unpaired) electrons. The average Bonchev–Trinajstić information content (AvgIpc) is 3.52. The Morgan fingerprint density at radius 2 is 1.81 bits per heavy atom. The van der Waals surface area contributed by atoms with Crippen molar-refractivity contribution in [2.24, 2.45) is 0 Å². The number of methoxy groups -OCH3 is 3. The summed E-state index contributed by atoms with van der Waals surface area (Å²) < 4.78 is 18.0. The lowest BCUT2D eigenvalue weighted by Gasteiger charge is -2.26. The lowest BCUT2D eigenvalue weighted by molar-refractivity contribution is -0.129. The predicted octanol–water partition coefficient (Wildman–Crippen LogP) is 3.75. The number of ether oxygens (including phenoxy) is 3. The van der Waals surface area contributed by atoms with E-state index in [0.29, 0.717) is 5.16 Å². The fourth-order valence-corrected chi connectivity index (χ4v) is 4.75. The van der Waals surface area contributed by atoms with Gasteiger partial charge in [-0.1, -0.05) is 11.8 Å². The fraction of sp³-hybridized carbons (Fsp3) is 0.348. The number of rotatable bonds is 8. The van der Waals surface area contributed by atoms with Gasteiger partial charge in [0.2, 0.25) is 5.91 Å². The van der Waals surface area contributed by atoms with Gasteiger partial charge in [0, 0.05) is 23.9 Å². The maximum atomic E-state index is 13.1. The number of hydrogen-bond acceptors (Lipinski definition) is 7. The molecule has 0 aliphatic carbocycles. The van der Waals surface area contributed by atoms with E-state index in [0.717, 1.165) is 47.9 Å². The van der Waals surface area contributed by atoms with Crippen molar-refractivity contribution in [2.45, 2.75) is 24.0 Å². The molecule has 168 valence electrons. The van der Waals surface area contributed by atoms with Crippen LogP contribution in [-0.2, 0) is 4.79 Å². The van der Waals surface area contributed by atoms with Gasteiger partial charge < -0.3 is 19.1 Å². The summed E-state index contributed by atoms with van der Waals surface area (Å²) in [5.41, 5.74) is 1.92. The van der Waals surface area contributed by atoms with Crippen molar-refractivity contribution < 1.29 is 19.0 Å². The maximum Gasteiger partial charge on any atom is 0.233 e. The summed E-state index contributed by atoms with van der Waals surface area (Å²) in [6, 6.07) is 13.4. The van der Waals surface area contributed by atoms with Crippen LogP contribution in [0.25, 0.3) is 5.69 Å². The third kappa shape index (κ3) is 4.52. The lowest BCUT2D eigenvalue weighted by atomic mass is 10.0. The summed E-state index contributed by atoms with van der Waals surface area (Å²) in [6.07, 6.45) is 3.51. The zero-order valence-electron chi connectivity index (χ0n) is 18.4. The third-order valence-corrected chi connectivity index (χ3v) is 6.49. The van der Waals surface area contributed by atoms with Crippen LogP contribution in [0.3, 0.4) is 0 Å². The van der Waals surface area contributed by atoms with E-state index < -0.39 is 0 Å². The van der Waals surface area contributed by atoms with Crippen molar-refractivity contribution in [1.82, 2.24) is 19.7 Å². The van der Waals surface area contributed by atoms with Gasteiger partial charge in [0.25, 0.3) is 0 Å². The lowest BCUT2D eigenvalue weighted by Crippen LogP contribution is -2.32. The SMILES string of the molecule is COc1ccc(-n2cnnc2SCC(=O)N2CCCC2c2ccc(OC)cc2OC)cc1. The van der Waals surface area contributed by atoms with Crippen LogP contribution in [0.15, 0.2) is 53.9 Å². The molecule has 32 heavy (non-hydrogen) atoms. The highest BCUT2D eigenvalue weighted by molar-refractivity contribution is 7.99. The van der Waals surface area contributed by atoms with E-state index in [1.807, 2.05) is 51.9 Å². The average molecular weight is 455 g/mol. The minimum Gasteiger partial charge on any atom is -0.497 e. The van der Waals surface area contributed by atoms with Crippen molar-refractivity contribution >= 4 is 17.7 Å². The number of likely N-dealkylation sites (tertiary alicyclic amines) is 1. The highest BCUT2D eigenvalue weighted by atomic mass is 32.2. The first-order valence-electron chi connectivity index (χ1n) is 10.3. The van der Waals surface area contributed by atoms with Crippen molar-refractivity contribution in [3.8, 4) is 22.9 Å². The third-order valence-electron chi connectivity index (χ3n) is 5.56. The molecule has 0 bridgehead atoms. The Balaban J connectivity index is 1.46. The standard InChI is InChI=1S/C23H26N4O4S/c1-29-17-8-6-16(7-9-17)27-15-24-25-23(27)32-14-22(28)26-12-4-5-20(26)19-11-10-18(30-2)13-21(19)31-3/h6-11,13,15,20H,4-5,12,14H2,1-3H3. The summed E-state index contributed by atoms with van der Waals surface area (Å²) in [4.78, 5) is 15.1. The smallest absolute Gasteiger partial charge is 0.233 e. The second-order valence-corrected chi connectivity index (χ2v) is 8.27. The molecule has 0 saturated carbocycles. The monoisotopic (exact) mass is 454 g/mol. The molecule has 3 aromatic rings. The van der Waals surface area contributed by atoms with Crippen molar-refractivity contribution in [3.05, 3.63) is 54.4 Å². The number of carbonyl (C=O) groups excluding carboxylic acids is 1. The number of benzene rings is 2. The van der Waals surface area contributed by atoms with Gasteiger partial charge in [0.1, 0.15) is 23.6 Å². The van der Waals surface area contributed by atoms with Gasteiger partial charge in [0.05, 0.1) is 33.1 Å². The molecule has 2 aromatic carbocycles. The summed E-state index contributed by atoms with van der Waals surface area (Å²) in [7, 11) is 4.90. The van der Waals surface area contributed by atoms with Crippen LogP contribution >= 0.6 is 11.8 Å². The van der Waals surface area contributed by atoms with Crippen LogP contribution in [0.2, 0.25) is 0 Å². The Morgan fingerprint density at radius 1 is 1.06 bits per heavy atom. The highest BCUT2D eigenvalue weighted by Crippen LogP contribution is 2.39. The molecular formula is C23H26N4O4S. The van der Waals surface area contributed by atoms with E-state index in [1.165, 1.54) is 11.8 Å². The molecule has 1 fully saturated rings. The Morgan fingerprint density at radius 3 is 2.53 bits per heavy atom. The van der Waals surface area contributed by atoms with Crippen molar-refractivity contribution in [1.29, 1.82) is 0 Å². The van der Waals surface area contributed by atoms with Crippen LogP contribution in [0.5, 0.6) is 17.2 Å². The number of hydrogen-bond donors (Lipinski definition) is 0. The van der Waals surface area contributed by atoms with Gasteiger partial charge >= 0.3 is 0 Å². The van der Waals surface area contributed by atoms with Crippen LogP contribution < -0.4 is 14.2 Å². The van der Waals surface area contributed by atoms with Crippen LogP contribution in [0.4, 0.5) is 0 Å². The molecule has 0 N–H and O–H groups in total. The fourth-order valence-electron chi connectivity index (χ4n) is 3.93. The van der Waals surface area contributed by atoms with Gasteiger partial charge in [0.15, 0.2) is 5.16 Å². The minimum absolute atomic E-state index is 0.0107. The molecule has 1 saturated heterocycles. The Labute approximate surface area is 191 Å². The van der Waals surface area contributed by atoms with Gasteiger partial charge in [-0.05, 0) is 49.2 Å².